The van der Waals surface area contributed by atoms with Gasteiger partial charge in [0.2, 0.25) is 5.79 Å². The van der Waals surface area contributed by atoms with Gasteiger partial charge in [0.05, 0.1) is 53.7 Å². The van der Waals surface area contributed by atoms with E-state index in [2.05, 4.69) is 20.8 Å². The number of hydrogen-bond acceptors (Lipinski definition) is 12. The summed E-state index contributed by atoms with van der Waals surface area (Å²) in [6.07, 6.45) is 5.50. The maximum absolute atomic E-state index is 14.7. The first-order valence-electron chi connectivity index (χ1n) is 23.5. The quantitative estimate of drug-likeness (QED) is 0.109. The second kappa shape index (κ2) is 19.2. The molecule has 61 heavy (non-hydrogen) atoms. The molecule has 5 heterocycles. The van der Waals surface area contributed by atoms with Crippen LogP contribution in [-0.4, -0.2) is 111 Å². The number of ketones is 1. The van der Waals surface area contributed by atoms with E-state index in [9.17, 15) is 29.7 Å². The average molecular weight is 865 g/mol. The summed E-state index contributed by atoms with van der Waals surface area (Å²) in [5.41, 5.74) is -2.43. The van der Waals surface area contributed by atoms with Crippen molar-refractivity contribution in [2.24, 2.45) is 41.4 Å². The van der Waals surface area contributed by atoms with Crippen LogP contribution in [0.1, 0.15) is 154 Å². The van der Waals surface area contributed by atoms with Crippen molar-refractivity contribution in [2.75, 3.05) is 6.61 Å². The second-order valence-electron chi connectivity index (χ2n) is 20.8. The van der Waals surface area contributed by atoms with Crippen LogP contribution in [-0.2, 0) is 47.5 Å². The molecule has 0 bridgehead atoms. The zero-order valence-corrected chi connectivity index (χ0v) is 39.4. The van der Waals surface area contributed by atoms with Crippen LogP contribution in [0.2, 0.25) is 0 Å². The molecule has 5 rings (SSSR count). The Balaban J connectivity index is 1.39. The van der Waals surface area contributed by atoms with E-state index in [1.54, 1.807) is 27.7 Å². The molecule has 0 saturated carbocycles. The molecule has 0 amide bonds. The number of Topliss-reactive ketones (excluding diaryl/α,β-unsaturated/α-hetero) is 1. The molecular formula is C48H80O13. The highest BCUT2D eigenvalue weighted by atomic mass is 16.8. The van der Waals surface area contributed by atoms with Crippen molar-refractivity contribution in [3.8, 4) is 0 Å². The molecule has 1 unspecified atom stereocenters. The van der Waals surface area contributed by atoms with Gasteiger partial charge in [-0.2, -0.15) is 0 Å². The molecule has 13 heteroatoms. The number of aliphatic hydroxyl groups is 2. The van der Waals surface area contributed by atoms with Gasteiger partial charge in [0.15, 0.2) is 5.79 Å². The Hall–Kier alpha value is -1.97. The molecule has 13 nitrogen and oxygen atoms in total. The molecule has 18 atom stereocenters. The van der Waals surface area contributed by atoms with Gasteiger partial charge in [-0.1, -0.05) is 55.4 Å². The Bertz CT molecular complexity index is 1560. The molecule has 0 aromatic carbocycles. The largest absolute Gasteiger partial charge is 0.481 e. The molecule has 4 fully saturated rings. The smallest absolute Gasteiger partial charge is 0.332 e. The minimum Gasteiger partial charge on any atom is -0.481 e. The lowest BCUT2D eigenvalue weighted by atomic mass is 9.72. The van der Waals surface area contributed by atoms with Crippen LogP contribution < -0.4 is 0 Å². The maximum atomic E-state index is 14.7. The average Bonchev–Trinajstić information content (AvgIpc) is 3.53. The van der Waals surface area contributed by atoms with Gasteiger partial charge in [-0.05, 0) is 116 Å². The third-order valence-electron chi connectivity index (χ3n) is 15.2. The predicted molar refractivity (Wildman–Crippen MR) is 228 cm³/mol. The van der Waals surface area contributed by atoms with E-state index >= 15 is 0 Å². The van der Waals surface area contributed by atoms with Crippen LogP contribution in [0.5, 0.6) is 0 Å². The second-order valence-corrected chi connectivity index (χ2v) is 20.8. The first kappa shape index (κ1) is 50.0. The normalized spacial score (nSPS) is 41.9. The van der Waals surface area contributed by atoms with E-state index in [1.165, 1.54) is 0 Å². The number of carboxylic acid groups (broad SMARTS) is 1. The number of esters is 1. The van der Waals surface area contributed by atoms with E-state index in [1.807, 2.05) is 53.7 Å². The van der Waals surface area contributed by atoms with Crippen LogP contribution in [0.4, 0.5) is 0 Å². The highest BCUT2D eigenvalue weighted by molar-refractivity contribution is 5.84. The summed E-state index contributed by atoms with van der Waals surface area (Å²) in [6, 6.07) is 0. The molecule has 350 valence electrons. The van der Waals surface area contributed by atoms with E-state index in [4.69, 9.17) is 33.2 Å². The lowest BCUT2D eigenvalue weighted by molar-refractivity contribution is -0.411. The van der Waals surface area contributed by atoms with Gasteiger partial charge in [0.1, 0.15) is 24.1 Å². The molecule has 5 aliphatic rings. The van der Waals surface area contributed by atoms with Crippen molar-refractivity contribution in [1.29, 1.82) is 0 Å². The third kappa shape index (κ3) is 10.5. The van der Waals surface area contributed by atoms with Crippen molar-refractivity contribution in [2.45, 2.75) is 225 Å². The highest BCUT2D eigenvalue weighted by Crippen LogP contribution is 2.54. The van der Waals surface area contributed by atoms with Gasteiger partial charge < -0.3 is 48.5 Å². The molecule has 4 saturated heterocycles. The summed E-state index contributed by atoms with van der Waals surface area (Å²) < 4.78 is 46.3. The molecular weight excluding hydrogens is 785 g/mol. The molecule has 2 spiro atoms. The van der Waals surface area contributed by atoms with Gasteiger partial charge in [-0.15, -0.1) is 0 Å². The fraction of sp³-hybridized carbons (Fsp3) is 0.896. The Labute approximate surface area is 365 Å². The molecule has 0 aliphatic carbocycles. The lowest BCUT2D eigenvalue weighted by Crippen LogP contribution is -2.63. The maximum Gasteiger partial charge on any atom is 0.332 e. The zero-order chi connectivity index (χ0) is 45.5. The Morgan fingerprint density at radius 3 is 2.15 bits per heavy atom. The standard InChI is InChI=1S/C48H80O13/c1-14-33(43(52)53)35-18-17-27(4)41(57-35)31(8)39(50)30(7)40(51)34(15-2)42-28(5)25-29(6)47(59-42)22-20-37(55-26-38(49)58-44(10,11)12)48(61-47)24-23-45(13,60-48)36-19-21-46(54,16-3)32(9)56-36/h20,22,27-37,39,41-42,50,54H,14-19,21,23-26H2,1-13H3,(H,52,53)/t27?,28-,29+,30-,31-,32-,33+,34-,35+,36+,37+,39+,41+,42-,45-,46+,47-,48-/m0/s1. The topological polar surface area (TPSA) is 177 Å². The van der Waals surface area contributed by atoms with E-state index in [0.29, 0.717) is 57.8 Å². The third-order valence-corrected chi connectivity index (χ3v) is 15.2. The molecule has 3 N–H and O–H groups in total. The van der Waals surface area contributed by atoms with Gasteiger partial charge in [0, 0.05) is 30.1 Å². The van der Waals surface area contributed by atoms with Crippen molar-refractivity contribution < 1.29 is 62.9 Å². The highest BCUT2D eigenvalue weighted by Gasteiger charge is 2.64. The number of carbonyl (C=O) groups excluding carboxylic acids is 2. The summed E-state index contributed by atoms with van der Waals surface area (Å²) in [6.45, 7) is 24.7. The van der Waals surface area contributed by atoms with E-state index in [0.717, 1.165) is 6.42 Å². The van der Waals surface area contributed by atoms with Crippen LogP contribution in [0.15, 0.2) is 12.2 Å². The fourth-order valence-electron chi connectivity index (χ4n) is 11.2. The molecule has 5 aliphatic heterocycles. The Kier molecular flexibility index (Phi) is 15.8. The van der Waals surface area contributed by atoms with E-state index in [-0.39, 0.29) is 36.2 Å². The number of aliphatic carboxylic acids is 1. The Morgan fingerprint density at radius 1 is 0.885 bits per heavy atom. The van der Waals surface area contributed by atoms with Crippen LogP contribution in [0.3, 0.4) is 0 Å². The summed E-state index contributed by atoms with van der Waals surface area (Å²) in [4.78, 5) is 39.6. The summed E-state index contributed by atoms with van der Waals surface area (Å²) in [5.74, 6) is -6.64. The van der Waals surface area contributed by atoms with Crippen molar-refractivity contribution in [3.05, 3.63) is 12.2 Å². The number of ether oxygens (including phenoxy) is 7. The van der Waals surface area contributed by atoms with Crippen LogP contribution in [0, 0.1) is 41.4 Å². The number of aliphatic hydroxyl groups excluding tert-OH is 1. The van der Waals surface area contributed by atoms with Gasteiger partial charge in [-0.25, -0.2) is 4.79 Å². The monoisotopic (exact) mass is 865 g/mol. The Morgan fingerprint density at radius 2 is 1.56 bits per heavy atom. The van der Waals surface area contributed by atoms with E-state index < -0.39 is 101 Å². The molecule has 0 aromatic heterocycles. The predicted octanol–water partition coefficient (Wildman–Crippen LogP) is 7.55. The minimum absolute atomic E-state index is 0.0287. The van der Waals surface area contributed by atoms with Crippen molar-refractivity contribution in [1.82, 2.24) is 0 Å². The van der Waals surface area contributed by atoms with Gasteiger partial charge in [0.25, 0.3) is 0 Å². The summed E-state index contributed by atoms with van der Waals surface area (Å²) in [5, 5.41) is 32.9. The zero-order valence-electron chi connectivity index (χ0n) is 39.4. The first-order valence-corrected chi connectivity index (χ1v) is 23.5. The minimum atomic E-state index is -1.38. The van der Waals surface area contributed by atoms with Crippen molar-refractivity contribution in [3.63, 3.8) is 0 Å². The lowest BCUT2D eigenvalue weighted by Gasteiger charge is -2.54. The number of carboxylic acids is 1. The summed E-state index contributed by atoms with van der Waals surface area (Å²) in [7, 11) is 0. The van der Waals surface area contributed by atoms with Crippen LogP contribution >= 0.6 is 0 Å². The number of carbonyl (C=O) groups is 3. The van der Waals surface area contributed by atoms with Gasteiger partial charge >= 0.3 is 11.9 Å². The van der Waals surface area contributed by atoms with Crippen LogP contribution in [0.25, 0.3) is 0 Å². The molecule has 0 radical (unpaired) electrons. The first-order chi connectivity index (χ1) is 28.4. The molecule has 0 aromatic rings. The number of rotatable bonds is 15. The number of hydrogen-bond donors (Lipinski definition) is 3. The SMILES string of the molecule is CC[C@@H](C(=O)[C@@H](C)[C@@H](O)[C@H](C)[C@@H]1O[C@@H]([C@@H](CC)C(=O)O)CCC1C)[C@H]1O[C@]2(C=C[C@@H](OCC(=O)OC(C)(C)C)[C@]3(CC[C@@](C)([C@H]4CC[C@](O)(CC)[C@H](C)O4)O3)O2)[C@H](C)C[C@@H]1C. The van der Waals surface area contributed by atoms with Crippen molar-refractivity contribution >= 4 is 17.7 Å². The summed E-state index contributed by atoms with van der Waals surface area (Å²) >= 11 is 0. The fourth-order valence-corrected chi connectivity index (χ4v) is 11.2. The van der Waals surface area contributed by atoms with Gasteiger partial charge in [-0.3, -0.25) is 9.59 Å².